The molecule has 1 aromatic carbocycles. The van der Waals surface area contributed by atoms with Crippen molar-refractivity contribution in [2.24, 2.45) is 0 Å². The largest absolute Gasteiger partial charge is 0.508 e. The number of hydrogen-bond acceptors (Lipinski definition) is 3. The quantitative estimate of drug-likeness (QED) is 0.430. The van der Waals surface area contributed by atoms with Crippen LogP contribution in [0.4, 0.5) is 5.69 Å². The van der Waals surface area contributed by atoms with E-state index in [1.807, 2.05) is 0 Å². The Bertz CT molecular complexity index is 339. The van der Waals surface area contributed by atoms with E-state index in [2.05, 4.69) is 6.58 Å². The molecule has 4 nitrogen and oxygen atoms in total. The minimum Gasteiger partial charge on any atom is -0.508 e. The Balaban J connectivity index is 3.35. The lowest BCUT2D eigenvalue weighted by molar-refractivity contribution is -0.385. The van der Waals surface area contributed by atoms with E-state index in [4.69, 9.17) is 5.11 Å². The second-order valence-electron chi connectivity index (χ2n) is 2.65. The van der Waals surface area contributed by atoms with E-state index in [1.165, 1.54) is 12.1 Å². The van der Waals surface area contributed by atoms with Gasteiger partial charge in [0.25, 0.3) is 5.69 Å². The standard InChI is InChI=1S/C9H9NO3/c1-6-8(7(2)11)4-3-5-9(6)10(12)13/h3-5,11H,2H2,1H3. The van der Waals surface area contributed by atoms with Crippen molar-refractivity contribution < 1.29 is 10.0 Å². The fourth-order valence-electron chi connectivity index (χ4n) is 1.13. The summed E-state index contributed by atoms with van der Waals surface area (Å²) in [6.45, 7) is 4.90. The molecule has 1 rings (SSSR count). The van der Waals surface area contributed by atoms with Gasteiger partial charge in [-0.25, -0.2) is 0 Å². The van der Waals surface area contributed by atoms with E-state index in [-0.39, 0.29) is 11.4 Å². The summed E-state index contributed by atoms with van der Waals surface area (Å²) in [5, 5.41) is 19.6. The molecule has 0 amide bonds. The zero-order valence-corrected chi connectivity index (χ0v) is 7.15. The number of nitro benzene ring substituents is 1. The van der Waals surface area contributed by atoms with Crippen molar-refractivity contribution >= 4 is 11.4 Å². The lowest BCUT2D eigenvalue weighted by Gasteiger charge is -2.03. The molecule has 0 fully saturated rings. The molecule has 0 heterocycles. The van der Waals surface area contributed by atoms with Crippen LogP contribution in [0.2, 0.25) is 0 Å². The van der Waals surface area contributed by atoms with E-state index >= 15 is 0 Å². The van der Waals surface area contributed by atoms with Gasteiger partial charge in [0.2, 0.25) is 0 Å². The van der Waals surface area contributed by atoms with Crippen molar-refractivity contribution in [3.05, 3.63) is 46.0 Å². The molecule has 0 radical (unpaired) electrons. The predicted molar refractivity (Wildman–Crippen MR) is 49.5 cm³/mol. The van der Waals surface area contributed by atoms with Gasteiger partial charge in [0.1, 0.15) is 5.76 Å². The van der Waals surface area contributed by atoms with Crippen molar-refractivity contribution in [3.63, 3.8) is 0 Å². The first kappa shape index (κ1) is 9.25. The topological polar surface area (TPSA) is 63.4 Å². The van der Waals surface area contributed by atoms with Gasteiger partial charge in [-0.15, -0.1) is 0 Å². The van der Waals surface area contributed by atoms with Crippen LogP contribution in [0, 0.1) is 17.0 Å². The van der Waals surface area contributed by atoms with Crippen LogP contribution in [0.3, 0.4) is 0 Å². The van der Waals surface area contributed by atoms with Crippen molar-refractivity contribution in [2.75, 3.05) is 0 Å². The fourth-order valence-corrected chi connectivity index (χ4v) is 1.13. The second kappa shape index (κ2) is 3.26. The first-order valence-corrected chi connectivity index (χ1v) is 3.66. The highest BCUT2D eigenvalue weighted by Crippen LogP contribution is 2.24. The van der Waals surface area contributed by atoms with E-state index in [0.29, 0.717) is 11.1 Å². The highest BCUT2D eigenvalue weighted by molar-refractivity contribution is 5.64. The molecule has 68 valence electrons. The third-order valence-corrected chi connectivity index (χ3v) is 1.81. The molecule has 0 aliphatic carbocycles. The van der Waals surface area contributed by atoms with Crippen LogP contribution in [0.15, 0.2) is 24.8 Å². The number of benzene rings is 1. The Morgan fingerprint density at radius 1 is 1.62 bits per heavy atom. The number of nitro groups is 1. The molecule has 0 saturated carbocycles. The first-order chi connectivity index (χ1) is 6.04. The van der Waals surface area contributed by atoms with Gasteiger partial charge in [-0.2, -0.15) is 0 Å². The average molecular weight is 179 g/mol. The Morgan fingerprint density at radius 3 is 2.69 bits per heavy atom. The summed E-state index contributed by atoms with van der Waals surface area (Å²) in [5.41, 5.74) is 0.835. The lowest BCUT2D eigenvalue weighted by atomic mass is 10.1. The summed E-state index contributed by atoms with van der Waals surface area (Å²) in [7, 11) is 0. The number of aliphatic hydroxyl groups is 1. The van der Waals surface area contributed by atoms with Gasteiger partial charge in [-0.3, -0.25) is 10.1 Å². The van der Waals surface area contributed by atoms with Crippen molar-refractivity contribution in [3.8, 4) is 0 Å². The number of hydrogen-bond donors (Lipinski definition) is 1. The van der Waals surface area contributed by atoms with Crippen LogP contribution in [0.1, 0.15) is 11.1 Å². The molecule has 1 aromatic rings. The van der Waals surface area contributed by atoms with Crippen LogP contribution < -0.4 is 0 Å². The second-order valence-corrected chi connectivity index (χ2v) is 2.65. The molecule has 0 bridgehead atoms. The number of rotatable bonds is 2. The van der Waals surface area contributed by atoms with Gasteiger partial charge in [0.05, 0.1) is 4.92 Å². The Hall–Kier alpha value is -1.84. The maximum atomic E-state index is 10.5. The Labute approximate surface area is 75.3 Å². The highest BCUT2D eigenvalue weighted by Gasteiger charge is 2.13. The van der Waals surface area contributed by atoms with Gasteiger partial charge in [-0.05, 0) is 6.92 Å². The molecule has 0 unspecified atom stereocenters. The zero-order chi connectivity index (χ0) is 10.0. The van der Waals surface area contributed by atoms with E-state index in [9.17, 15) is 10.1 Å². The SMILES string of the molecule is C=C(O)c1cccc([N+](=O)[O-])c1C. The first-order valence-electron chi connectivity index (χ1n) is 3.66. The van der Waals surface area contributed by atoms with Gasteiger partial charge in [0, 0.05) is 17.2 Å². The highest BCUT2D eigenvalue weighted by atomic mass is 16.6. The summed E-state index contributed by atoms with van der Waals surface area (Å²) in [6, 6.07) is 4.49. The Kier molecular flexibility index (Phi) is 2.32. The zero-order valence-electron chi connectivity index (χ0n) is 7.15. The summed E-state index contributed by atoms with van der Waals surface area (Å²) in [4.78, 5) is 10.0. The summed E-state index contributed by atoms with van der Waals surface area (Å²) >= 11 is 0. The lowest BCUT2D eigenvalue weighted by Crippen LogP contribution is -1.95. The maximum Gasteiger partial charge on any atom is 0.273 e. The average Bonchev–Trinajstić information content (AvgIpc) is 2.03. The molecule has 0 aliphatic heterocycles. The molecule has 0 spiro atoms. The van der Waals surface area contributed by atoms with E-state index in [1.54, 1.807) is 13.0 Å². The maximum absolute atomic E-state index is 10.5. The van der Waals surface area contributed by atoms with Crippen molar-refractivity contribution in [1.29, 1.82) is 0 Å². The monoisotopic (exact) mass is 179 g/mol. The van der Waals surface area contributed by atoms with Crippen LogP contribution in [-0.2, 0) is 0 Å². The molecule has 0 saturated heterocycles. The minimum absolute atomic E-state index is 0.00676. The summed E-state index contributed by atoms with van der Waals surface area (Å²) in [6.07, 6.45) is 0. The normalized spacial score (nSPS) is 9.62. The van der Waals surface area contributed by atoms with E-state index < -0.39 is 4.92 Å². The number of nitrogens with zero attached hydrogens (tertiary/aromatic N) is 1. The molecule has 0 atom stereocenters. The van der Waals surface area contributed by atoms with E-state index in [0.717, 1.165) is 0 Å². The van der Waals surface area contributed by atoms with Crippen molar-refractivity contribution in [2.45, 2.75) is 6.92 Å². The molecule has 0 aromatic heterocycles. The molecule has 0 aliphatic rings. The minimum atomic E-state index is -0.484. The summed E-state index contributed by atoms with van der Waals surface area (Å²) < 4.78 is 0. The number of aliphatic hydroxyl groups excluding tert-OH is 1. The molecular formula is C9H9NO3. The molecule has 13 heavy (non-hydrogen) atoms. The predicted octanol–water partition coefficient (Wildman–Crippen LogP) is 2.43. The van der Waals surface area contributed by atoms with Crippen molar-refractivity contribution in [1.82, 2.24) is 0 Å². The third-order valence-electron chi connectivity index (χ3n) is 1.81. The molecular weight excluding hydrogens is 170 g/mol. The van der Waals surface area contributed by atoms with Gasteiger partial charge >= 0.3 is 0 Å². The molecule has 1 N–H and O–H groups in total. The Morgan fingerprint density at radius 2 is 2.23 bits per heavy atom. The van der Waals surface area contributed by atoms with Crippen LogP contribution in [0.25, 0.3) is 5.76 Å². The fraction of sp³-hybridized carbons (Fsp3) is 0.111. The van der Waals surface area contributed by atoms with Crippen LogP contribution >= 0.6 is 0 Å². The third kappa shape index (κ3) is 1.66. The van der Waals surface area contributed by atoms with Gasteiger partial charge < -0.3 is 5.11 Å². The van der Waals surface area contributed by atoms with Gasteiger partial charge in [-0.1, -0.05) is 18.7 Å². The smallest absolute Gasteiger partial charge is 0.273 e. The van der Waals surface area contributed by atoms with Crippen LogP contribution in [-0.4, -0.2) is 10.0 Å². The van der Waals surface area contributed by atoms with Crippen LogP contribution in [0.5, 0.6) is 0 Å². The van der Waals surface area contributed by atoms with Gasteiger partial charge in [0.15, 0.2) is 0 Å². The summed E-state index contributed by atoms with van der Waals surface area (Å²) in [5.74, 6) is -0.152. The molecule has 4 heteroatoms.